The zero-order valence-corrected chi connectivity index (χ0v) is 21.0. The molecule has 3 aromatic carbocycles. The number of nitrogens with zero attached hydrogens (tertiary/aromatic N) is 1. The summed E-state index contributed by atoms with van der Waals surface area (Å²) in [7, 11) is 0. The number of anilines is 1. The Bertz CT molecular complexity index is 1320. The van der Waals surface area contributed by atoms with Gasteiger partial charge >= 0.3 is 5.97 Å². The van der Waals surface area contributed by atoms with Gasteiger partial charge in [0.25, 0.3) is 0 Å². The Balaban J connectivity index is 1.28. The minimum Gasteiger partial charge on any atom is -0.454 e. The van der Waals surface area contributed by atoms with Crippen molar-refractivity contribution in [3.05, 3.63) is 100 Å². The van der Waals surface area contributed by atoms with Crippen molar-refractivity contribution in [1.82, 2.24) is 0 Å². The van der Waals surface area contributed by atoms with E-state index in [0.29, 0.717) is 24.1 Å². The summed E-state index contributed by atoms with van der Waals surface area (Å²) < 4.78 is 6.06. The summed E-state index contributed by atoms with van der Waals surface area (Å²) in [6, 6.07) is 23.1. The summed E-state index contributed by atoms with van der Waals surface area (Å²) in [5.41, 5.74) is 2.15. The molecule has 182 valence electrons. The van der Waals surface area contributed by atoms with Gasteiger partial charge in [-0.15, -0.1) is 0 Å². The highest BCUT2D eigenvalue weighted by atomic mass is 79.9. The summed E-state index contributed by atoms with van der Waals surface area (Å²) >= 11 is 3.32. The summed E-state index contributed by atoms with van der Waals surface area (Å²) in [4.78, 5) is 52.8. The van der Waals surface area contributed by atoms with Crippen LogP contribution in [-0.2, 0) is 14.3 Å². The van der Waals surface area contributed by atoms with Crippen LogP contribution in [0.15, 0.2) is 83.3 Å². The first-order chi connectivity index (χ1) is 17.4. The van der Waals surface area contributed by atoms with Gasteiger partial charge in [0.1, 0.15) is 0 Å². The van der Waals surface area contributed by atoms with Crippen LogP contribution in [-0.4, -0.2) is 30.2 Å². The Morgan fingerprint density at radius 3 is 2.31 bits per heavy atom. The van der Waals surface area contributed by atoms with Crippen molar-refractivity contribution in [2.24, 2.45) is 11.8 Å². The number of carbonyl (C=O) groups is 4. The molecule has 6 nitrogen and oxygen atoms in total. The van der Waals surface area contributed by atoms with E-state index in [-0.39, 0.29) is 40.9 Å². The first kappa shape index (κ1) is 24.1. The number of imide groups is 1. The van der Waals surface area contributed by atoms with Gasteiger partial charge in [0.05, 0.1) is 23.1 Å². The van der Waals surface area contributed by atoms with Crippen LogP contribution in [0.5, 0.6) is 0 Å². The Morgan fingerprint density at radius 2 is 1.56 bits per heavy atom. The van der Waals surface area contributed by atoms with E-state index in [9.17, 15) is 19.2 Å². The van der Waals surface area contributed by atoms with E-state index >= 15 is 0 Å². The lowest BCUT2D eigenvalue weighted by Crippen LogP contribution is -2.31. The largest absolute Gasteiger partial charge is 0.454 e. The molecule has 2 aliphatic rings. The summed E-state index contributed by atoms with van der Waals surface area (Å²) in [6.45, 7) is -0.405. The minimum atomic E-state index is -0.692. The molecule has 1 aliphatic heterocycles. The molecular formula is C29H24BrNO5. The molecule has 0 N–H and O–H groups in total. The van der Waals surface area contributed by atoms with Crippen molar-refractivity contribution in [3.8, 4) is 0 Å². The number of esters is 1. The number of rotatable bonds is 6. The highest BCUT2D eigenvalue weighted by Gasteiger charge is 2.50. The minimum absolute atomic E-state index is 0.175. The first-order valence-corrected chi connectivity index (χ1v) is 12.7. The van der Waals surface area contributed by atoms with E-state index in [2.05, 4.69) is 28.1 Å². The highest BCUT2D eigenvalue weighted by Crippen LogP contribution is 2.45. The van der Waals surface area contributed by atoms with Gasteiger partial charge in [-0.3, -0.25) is 19.3 Å². The molecule has 3 aromatic rings. The van der Waals surface area contributed by atoms with Gasteiger partial charge in [0, 0.05) is 10.0 Å². The number of Topliss-reactive ketones (excluding diaryl/α,β-unsaturated/α-hetero) is 1. The molecule has 5 rings (SSSR count). The molecule has 0 bridgehead atoms. The quantitative estimate of drug-likeness (QED) is 0.230. The second kappa shape index (κ2) is 10.2. The van der Waals surface area contributed by atoms with Crippen molar-refractivity contribution >= 4 is 45.2 Å². The van der Waals surface area contributed by atoms with Gasteiger partial charge in [0.2, 0.25) is 11.8 Å². The maximum absolute atomic E-state index is 13.3. The van der Waals surface area contributed by atoms with Gasteiger partial charge in [-0.05, 0) is 61.1 Å². The zero-order valence-electron chi connectivity index (χ0n) is 19.4. The molecule has 3 unspecified atom stereocenters. The molecule has 2 amide bonds. The lowest BCUT2D eigenvalue weighted by molar-refractivity contribution is -0.122. The van der Waals surface area contributed by atoms with E-state index < -0.39 is 12.6 Å². The normalized spacial score (nSPS) is 21.2. The Kier molecular flexibility index (Phi) is 6.83. The first-order valence-electron chi connectivity index (χ1n) is 11.9. The van der Waals surface area contributed by atoms with Crippen LogP contribution in [0.25, 0.3) is 0 Å². The fraction of sp³-hybridized carbons (Fsp3) is 0.241. The van der Waals surface area contributed by atoms with Crippen LogP contribution >= 0.6 is 15.9 Å². The van der Waals surface area contributed by atoms with Crippen LogP contribution in [0.3, 0.4) is 0 Å². The summed E-state index contributed by atoms with van der Waals surface area (Å²) in [5, 5.41) is 0. The third-order valence-electron chi connectivity index (χ3n) is 7.04. The van der Waals surface area contributed by atoms with Gasteiger partial charge in [0.15, 0.2) is 12.4 Å². The van der Waals surface area contributed by atoms with Gasteiger partial charge < -0.3 is 4.74 Å². The van der Waals surface area contributed by atoms with Crippen molar-refractivity contribution in [1.29, 1.82) is 0 Å². The number of hydrogen-bond acceptors (Lipinski definition) is 5. The topological polar surface area (TPSA) is 80.8 Å². The lowest BCUT2D eigenvalue weighted by Gasteiger charge is -2.28. The number of halogens is 1. The Labute approximate surface area is 217 Å². The van der Waals surface area contributed by atoms with Crippen LogP contribution in [0.2, 0.25) is 0 Å². The molecule has 0 spiro atoms. The van der Waals surface area contributed by atoms with E-state index in [1.807, 2.05) is 18.2 Å². The molecule has 1 aliphatic carbocycles. The molecule has 0 aromatic heterocycles. The van der Waals surface area contributed by atoms with Crippen molar-refractivity contribution < 1.29 is 23.9 Å². The second-order valence-corrected chi connectivity index (χ2v) is 10.1. The fourth-order valence-electron chi connectivity index (χ4n) is 5.17. The average Bonchev–Trinajstić information content (AvgIpc) is 3.17. The smallest absolute Gasteiger partial charge is 0.338 e. The number of benzene rings is 3. The number of ether oxygens (including phenoxy) is 1. The Hall–Kier alpha value is -3.58. The molecule has 1 saturated heterocycles. The maximum atomic E-state index is 13.3. The predicted molar refractivity (Wildman–Crippen MR) is 138 cm³/mol. The average molecular weight is 546 g/mol. The van der Waals surface area contributed by atoms with Crippen molar-refractivity contribution in [3.63, 3.8) is 0 Å². The van der Waals surface area contributed by atoms with Gasteiger partial charge in [-0.25, -0.2) is 4.79 Å². The van der Waals surface area contributed by atoms with Crippen LogP contribution in [0, 0.1) is 11.8 Å². The number of ketones is 1. The van der Waals surface area contributed by atoms with E-state index in [0.717, 1.165) is 10.9 Å². The third kappa shape index (κ3) is 4.75. The van der Waals surface area contributed by atoms with Gasteiger partial charge in [-0.1, -0.05) is 64.5 Å². The predicted octanol–water partition coefficient (Wildman–Crippen LogP) is 5.56. The van der Waals surface area contributed by atoms with Crippen LogP contribution in [0.4, 0.5) is 5.69 Å². The number of hydrogen-bond donors (Lipinski definition) is 0. The maximum Gasteiger partial charge on any atom is 0.338 e. The third-order valence-corrected chi connectivity index (χ3v) is 7.57. The molecule has 7 heteroatoms. The number of fused-ring (bicyclic) bond motifs is 1. The van der Waals surface area contributed by atoms with Crippen molar-refractivity contribution in [2.45, 2.75) is 25.2 Å². The second-order valence-electron chi connectivity index (χ2n) is 9.20. The summed E-state index contributed by atoms with van der Waals surface area (Å²) in [6.07, 6.45) is 2.15. The molecule has 2 fully saturated rings. The van der Waals surface area contributed by atoms with E-state index in [4.69, 9.17) is 4.74 Å². The standard InChI is InChI=1S/C29H24BrNO5/c30-22-12-9-19(10-13-22)26(32)17-36-29(35)21-7-4-8-23(15-21)31-27(33)24-14-11-20(16-25(24)28(31)34)18-5-2-1-3-6-18/h1-10,12-13,15,20,24-25H,11,14,16-17H2. The summed E-state index contributed by atoms with van der Waals surface area (Å²) in [5.74, 6) is -1.91. The SMILES string of the molecule is O=C(COC(=O)c1cccc(N2C(=O)C3CCC(c4ccccc4)CC3C2=O)c1)c1ccc(Br)cc1. The molecule has 0 radical (unpaired) electrons. The molecule has 1 heterocycles. The van der Waals surface area contributed by atoms with Crippen LogP contribution in [0.1, 0.15) is 51.5 Å². The molecule has 3 atom stereocenters. The van der Waals surface area contributed by atoms with E-state index in [1.54, 1.807) is 42.5 Å². The van der Waals surface area contributed by atoms with Gasteiger partial charge in [-0.2, -0.15) is 0 Å². The number of carbonyl (C=O) groups excluding carboxylic acids is 4. The molecule has 36 heavy (non-hydrogen) atoms. The molecule has 1 saturated carbocycles. The number of amides is 2. The highest BCUT2D eigenvalue weighted by molar-refractivity contribution is 9.10. The molecular weight excluding hydrogens is 522 g/mol. The Morgan fingerprint density at radius 1 is 0.833 bits per heavy atom. The van der Waals surface area contributed by atoms with Crippen LogP contribution < -0.4 is 4.90 Å². The van der Waals surface area contributed by atoms with Crippen molar-refractivity contribution in [2.75, 3.05) is 11.5 Å². The fourth-order valence-corrected chi connectivity index (χ4v) is 5.43. The van der Waals surface area contributed by atoms with E-state index in [1.165, 1.54) is 16.5 Å². The lowest BCUT2D eigenvalue weighted by atomic mass is 9.73. The zero-order chi connectivity index (χ0) is 25.2. The monoisotopic (exact) mass is 545 g/mol.